The van der Waals surface area contributed by atoms with Gasteiger partial charge in [-0.2, -0.15) is 18.2 Å². The third kappa shape index (κ3) is 3.95. The standard InChI is InChI=1S/C16H21F3N6O/c1-9-12(5-6-13(26)22-11-4-3-7-20-8-11)10(2)25-15(21-9)23-14(24-25)16(17,18)19/h11,20H,3-8H2,1-2H3,(H,22,26)/t11-/m0/s1. The number of aryl methyl sites for hydroxylation is 2. The molecule has 0 aliphatic carbocycles. The molecule has 1 saturated heterocycles. The van der Waals surface area contributed by atoms with E-state index in [0.717, 1.165) is 30.4 Å². The molecule has 1 atom stereocenters. The quantitative estimate of drug-likeness (QED) is 0.853. The summed E-state index contributed by atoms with van der Waals surface area (Å²) in [6.45, 7) is 5.09. The number of aromatic nitrogens is 4. The second-order valence-electron chi connectivity index (χ2n) is 6.52. The second-order valence-corrected chi connectivity index (χ2v) is 6.52. The van der Waals surface area contributed by atoms with Crippen molar-refractivity contribution >= 4 is 11.7 Å². The van der Waals surface area contributed by atoms with E-state index in [2.05, 4.69) is 25.7 Å². The lowest BCUT2D eigenvalue weighted by Crippen LogP contribution is -2.45. The molecule has 0 unspecified atom stereocenters. The Hall–Kier alpha value is -2.23. The Bertz CT molecular complexity index is 810. The van der Waals surface area contributed by atoms with Crippen LogP contribution in [0.15, 0.2) is 0 Å². The first kappa shape index (κ1) is 18.6. The molecule has 0 bridgehead atoms. The average Bonchev–Trinajstić information content (AvgIpc) is 3.00. The molecule has 2 aromatic heterocycles. The number of halogens is 3. The van der Waals surface area contributed by atoms with Crippen LogP contribution >= 0.6 is 0 Å². The number of fused-ring (bicyclic) bond motifs is 1. The summed E-state index contributed by atoms with van der Waals surface area (Å²) in [6, 6.07) is 0.128. The van der Waals surface area contributed by atoms with E-state index in [1.54, 1.807) is 13.8 Å². The van der Waals surface area contributed by atoms with Crippen molar-refractivity contribution in [1.29, 1.82) is 0 Å². The smallest absolute Gasteiger partial charge is 0.352 e. The van der Waals surface area contributed by atoms with Crippen LogP contribution in [0.4, 0.5) is 13.2 Å². The molecule has 1 aliphatic heterocycles. The fraction of sp³-hybridized carbons (Fsp3) is 0.625. The Kier molecular flexibility index (Phi) is 5.12. The molecule has 2 N–H and O–H groups in total. The van der Waals surface area contributed by atoms with E-state index in [1.807, 2.05) is 0 Å². The molecule has 26 heavy (non-hydrogen) atoms. The van der Waals surface area contributed by atoms with Crippen LogP contribution in [-0.4, -0.2) is 44.6 Å². The SMILES string of the molecule is Cc1nc2nc(C(F)(F)F)nn2c(C)c1CCC(=O)N[C@H]1CCCNC1. The summed E-state index contributed by atoms with van der Waals surface area (Å²) in [5, 5.41) is 9.73. The lowest BCUT2D eigenvalue weighted by Gasteiger charge is -2.23. The van der Waals surface area contributed by atoms with E-state index in [0.29, 0.717) is 23.4 Å². The Morgan fingerprint density at radius 3 is 2.77 bits per heavy atom. The molecule has 0 aromatic carbocycles. The minimum atomic E-state index is -4.62. The van der Waals surface area contributed by atoms with Gasteiger partial charge in [-0.15, -0.1) is 5.10 Å². The van der Waals surface area contributed by atoms with Crippen molar-refractivity contribution in [1.82, 2.24) is 30.2 Å². The lowest BCUT2D eigenvalue weighted by atomic mass is 10.0. The predicted molar refractivity (Wildman–Crippen MR) is 87.6 cm³/mol. The first-order valence-corrected chi connectivity index (χ1v) is 8.56. The molecule has 1 fully saturated rings. The summed E-state index contributed by atoms with van der Waals surface area (Å²) in [5.41, 5.74) is 1.79. The third-order valence-corrected chi connectivity index (χ3v) is 4.57. The summed E-state index contributed by atoms with van der Waals surface area (Å²) < 4.78 is 39.5. The van der Waals surface area contributed by atoms with Crippen molar-refractivity contribution < 1.29 is 18.0 Å². The van der Waals surface area contributed by atoms with Crippen molar-refractivity contribution in [3.8, 4) is 0 Å². The zero-order chi connectivity index (χ0) is 18.9. The molecule has 1 aliphatic rings. The fourth-order valence-electron chi connectivity index (χ4n) is 3.20. The fourth-order valence-corrected chi connectivity index (χ4v) is 3.20. The molecule has 1 amide bonds. The van der Waals surface area contributed by atoms with Gasteiger partial charge in [-0.1, -0.05) is 0 Å². The molecular weight excluding hydrogens is 349 g/mol. The van der Waals surface area contributed by atoms with E-state index in [-0.39, 0.29) is 24.1 Å². The number of rotatable bonds is 4. The van der Waals surface area contributed by atoms with Gasteiger partial charge in [0, 0.05) is 30.4 Å². The molecule has 7 nitrogen and oxygen atoms in total. The average molecular weight is 370 g/mol. The zero-order valence-electron chi connectivity index (χ0n) is 14.7. The van der Waals surface area contributed by atoms with Crippen LogP contribution in [0.25, 0.3) is 5.78 Å². The van der Waals surface area contributed by atoms with Gasteiger partial charge in [-0.25, -0.2) is 9.50 Å². The first-order chi connectivity index (χ1) is 12.3. The largest absolute Gasteiger partial charge is 0.453 e. The molecule has 0 saturated carbocycles. The number of piperidine rings is 1. The number of nitrogens with one attached hydrogen (secondary N) is 2. The minimum absolute atomic E-state index is 0.0767. The number of amides is 1. The van der Waals surface area contributed by atoms with Crippen molar-refractivity contribution in [2.75, 3.05) is 13.1 Å². The van der Waals surface area contributed by atoms with Gasteiger partial charge < -0.3 is 10.6 Å². The van der Waals surface area contributed by atoms with E-state index in [1.165, 1.54) is 0 Å². The van der Waals surface area contributed by atoms with Crippen LogP contribution in [0.5, 0.6) is 0 Å². The van der Waals surface area contributed by atoms with Gasteiger partial charge in [0.15, 0.2) is 0 Å². The van der Waals surface area contributed by atoms with E-state index in [9.17, 15) is 18.0 Å². The number of hydrogen-bond donors (Lipinski definition) is 2. The molecule has 3 rings (SSSR count). The number of carbonyl (C=O) groups is 1. The number of hydrogen-bond acceptors (Lipinski definition) is 5. The Labute approximate surface area is 148 Å². The van der Waals surface area contributed by atoms with E-state index < -0.39 is 12.0 Å². The van der Waals surface area contributed by atoms with Gasteiger partial charge in [0.25, 0.3) is 11.6 Å². The third-order valence-electron chi connectivity index (χ3n) is 4.57. The van der Waals surface area contributed by atoms with Crippen molar-refractivity contribution in [2.24, 2.45) is 0 Å². The summed E-state index contributed by atoms with van der Waals surface area (Å²) in [4.78, 5) is 19.7. The predicted octanol–water partition coefficient (Wildman–Crippen LogP) is 1.56. The number of alkyl halides is 3. The minimum Gasteiger partial charge on any atom is -0.352 e. The molecule has 10 heteroatoms. The maximum Gasteiger partial charge on any atom is 0.453 e. The van der Waals surface area contributed by atoms with Gasteiger partial charge in [-0.3, -0.25) is 4.79 Å². The maximum atomic E-state index is 12.8. The van der Waals surface area contributed by atoms with Crippen LogP contribution in [0.2, 0.25) is 0 Å². The topological polar surface area (TPSA) is 84.2 Å². The van der Waals surface area contributed by atoms with E-state index >= 15 is 0 Å². The Balaban J connectivity index is 1.74. The molecule has 142 valence electrons. The molecule has 3 heterocycles. The summed E-state index contributed by atoms with van der Waals surface area (Å²) >= 11 is 0. The molecule has 0 spiro atoms. The van der Waals surface area contributed by atoms with Gasteiger partial charge in [0.2, 0.25) is 5.91 Å². The van der Waals surface area contributed by atoms with Crippen molar-refractivity contribution in [2.45, 2.75) is 51.7 Å². The highest BCUT2D eigenvalue weighted by Crippen LogP contribution is 2.27. The van der Waals surface area contributed by atoms with Gasteiger partial charge in [0.05, 0.1) is 0 Å². The highest BCUT2D eigenvalue weighted by molar-refractivity contribution is 5.76. The Morgan fingerprint density at radius 1 is 1.35 bits per heavy atom. The van der Waals surface area contributed by atoms with Crippen LogP contribution in [0.3, 0.4) is 0 Å². The van der Waals surface area contributed by atoms with Crippen LogP contribution < -0.4 is 10.6 Å². The van der Waals surface area contributed by atoms with Crippen LogP contribution in [0.1, 0.15) is 42.0 Å². The van der Waals surface area contributed by atoms with Crippen LogP contribution in [0, 0.1) is 13.8 Å². The molecule has 0 radical (unpaired) electrons. The van der Waals surface area contributed by atoms with Crippen molar-refractivity contribution in [3.63, 3.8) is 0 Å². The normalized spacial score (nSPS) is 18.3. The summed E-state index contributed by atoms with van der Waals surface area (Å²) in [5.74, 6) is -1.38. The monoisotopic (exact) mass is 370 g/mol. The molecular formula is C16H21F3N6O. The summed E-state index contributed by atoms with van der Waals surface area (Å²) in [6.07, 6.45) is -2.02. The van der Waals surface area contributed by atoms with Gasteiger partial charge in [-0.05, 0) is 45.2 Å². The lowest BCUT2D eigenvalue weighted by molar-refractivity contribution is -0.144. The highest BCUT2D eigenvalue weighted by atomic mass is 19.4. The van der Waals surface area contributed by atoms with Gasteiger partial charge in [0.1, 0.15) is 0 Å². The number of carbonyl (C=O) groups excluding carboxylic acids is 1. The maximum absolute atomic E-state index is 12.8. The second kappa shape index (κ2) is 7.18. The number of nitrogens with zero attached hydrogens (tertiary/aromatic N) is 4. The van der Waals surface area contributed by atoms with Crippen molar-refractivity contribution in [3.05, 3.63) is 22.8 Å². The van der Waals surface area contributed by atoms with E-state index in [4.69, 9.17) is 0 Å². The first-order valence-electron chi connectivity index (χ1n) is 8.56. The van der Waals surface area contributed by atoms with Crippen LogP contribution in [-0.2, 0) is 17.4 Å². The van der Waals surface area contributed by atoms with Gasteiger partial charge >= 0.3 is 6.18 Å². The molecule has 2 aromatic rings. The highest BCUT2D eigenvalue weighted by Gasteiger charge is 2.37. The zero-order valence-corrected chi connectivity index (χ0v) is 14.7. The Morgan fingerprint density at radius 2 is 2.12 bits per heavy atom. The summed E-state index contributed by atoms with van der Waals surface area (Å²) in [7, 11) is 0.